The van der Waals surface area contributed by atoms with Crippen LogP contribution in [0.5, 0.6) is 0 Å². The Balaban J connectivity index is 2.27. The Kier molecular flexibility index (Phi) is 4.69. The molecule has 114 valence electrons. The lowest BCUT2D eigenvalue weighted by Crippen LogP contribution is -2.52. The highest BCUT2D eigenvalue weighted by atomic mass is 35.5. The van der Waals surface area contributed by atoms with Crippen LogP contribution in [0.1, 0.15) is 32.6 Å². The molecule has 0 aromatic carbocycles. The first-order chi connectivity index (χ1) is 9.30. The summed E-state index contributed by atoms with van der Waals surface area (Å²) in [5, 5.41) is 3.98. The van der Waals surface area contributed by atoms with Gasteiger partial charge in [0.25, 0.3) is 10.0 Å². The Morgan fingerprint density at radius 2 is 2.10 bits per heavy atom. The number of sulfonamides is 1. The van der Waals surface area contributed by atoms with Crippen LogP contribution in [0, 0.1) is 5.92 Å². The van der Waals surface area contributed by atoms with Gasteiger partial charge in [-0.05, 0) is 31.6 Å². The highest BCUT2D eigenvalue weighted by Gasteiger charge is 2.39. The van der Waals surface area contributed by atoms with E-state index in [-0.39, 0.29) is 15.9 Å². The van der Waals surface area contributed by atoms with Crippen molar-refractivity contribution >= 4 is 33.2 Å². The molecule has 0 saturated heterocycles. The van der Waals surface area contributed by atoms with Crippen LogP contribution in [-0.4, -0.2) is 29.6 Å². The maximum atomic E-state index is 12.5. The van der Waals surface area contributed by atoms with E-state index in [1.54, 1.807) is 7.05 Å². The van der Waals surface area contributed by atoms with Gasteiger partial charge in [0.2, 0.25) is 0 Å². The van der Waals surface area contributed by atoms with E-state index < -0.39 is 15.6 Å². The number of nitrogens with zero attached hydrogens (tertiary/aromatic N) is 2. The van der Waals surface area contributed by atoms with Crippen molar-refractivity contribution in [3.8, 4) is 0 Å². The van der Waals surface area contributed by atoms with E-state index in [2.05, 4.69) is 16.7 Å². The Hall–Kier alpha value is -0.300. The van der Waals surface area contributed by atoms with Gasteiger partial charge in [0.15, 0.2) is 5.03 Å². The standard InChI is InChI=1S/C12H19Cl2N3O2S/c1-9-3-5-12(8-13,6-4-9)16-20(18,19)11-10(14)7-15-17(11)2/h7,9,16H,3-6,8H2,1-2H3. The second-order valence-corrected chi connectivity index (χ2v) is 7.90. The number of hydrogen-bond donors (Lipinski definition) is 1. The van der Waals surface area contributed by atoms with Crippen molar-refractivity contribution in [1.29, 1.82) is 0 Å². The lowest BCUT2D eigenvalue weighted by Gasteiger charge is -2.38. The summed E-state index contributed by atoms with van der Waals surface area (Å²) in [6.45, 7) is 2.17. The van der Waals surface area contributed by atoms with Crippen LogP contribution in [0.4, 0.5) is 0 Å². The minimum atomic E-state index is -3.73. The number of rotatable bonds is 4. The van der Waals surface area contributed by atoms with Crippen molar-refractivity contribution in [2.24, 2.45) is 13.0 Å². The SMILES string of the molecule is CC1CCC(CCl)(NS(=O)(=O)c2c(Cl)cnn2C)CC1. The van der Waals surface area contributed by atoms with Crippen LogP contribution in [-0.2, 0) is 17.1 Å². The van der Waals surface area contributed by atoms with Crippen LogP contribution in [0.15, 0.2) is 11.2 Å². The number of alkyl halides is 1. The van der Waals surface area contributed by atoms with E-state index in [0.29, 0.717) is 5.92 Å². The van der Waals surface area contributed by atoms with Gasteiger partial charge in [0.1, 0.15) is 0 Å². The minimum absolute atomic E-state index is 0.0118. The quantitative estimate of drug-likeness (QED) is 0.857. The molecule has 5 nitrogen and oxygen atoms in total. The van der Waals surface area contributed by atoms with Gasteiger partial charge >= 0.3 is 0 Å². The number of aromatic nitrogens is 2. The molecule has 1 aliphatic carbocycles. The lowest BCUT2D eigenvalue weighted by atomic mass is 9.79. The van der Waals surface area contributed by atoms with Crippen molar-refractivity contribution in [3.63, 3.8) is 0 Å². The third-order valence-corrected chi connectivity index (χ3v) is 6.53. The summed E-state index contributed by atoms with van der Waals surface area (Å²) in [5.41, 5.74) is -0.583. The number of nitrogens with one attached hydrogen (secondary N) is 1. The summed E-state index contributed by atoms with van der Waals surface area (Å²) in [5.74, 6) is 0.866. The fourth-order valence-corrected chi connectivity index (χ4v) is 5.14. The van der Waals surface area contributed by atoms with Gasteiger partial charge in [0, 0.05) is 18.5 Å². The molecule has 0 unspecified atom stereocenters. The van der Waals surface area contributed by atoms with Gasteiger partial charge < -0.3 is 0 Å². The first-order valence-electron chi connectivity index (χ1n) is 6.57. The third-order valence-electron chi connectivity index (χ3n) is 3.94. The van der Waals surface area contributed by atoms with Gasteiger partial charge in [-0.3, -0.25) is 4.68 Å². The van der Waals surface area contributed by atoms with Gasteiger partial charge in [-0.1, -0.05) is 18.5 Å². The number of aryl methyl sites for hydroxylation is 1. The normalized spacial score (nSPS) is 27.7. The lowest BCUT2D eigenvalue weighted by molar-refractivity contribution is 0.247. The summed E-state index contributed by atoms with van der Waals surface area (Å²) in [7, 11) is -2.18. The molecule has 1 aliphatic rings. The zero-order chi connectivity index (χ0) is 15.0. The average Bonchev–Trinajstić information content (AvgIpc) is 2.72. The summed E-state index contributed by atoms with van der Waals surface area (Å²) < 4.78 is 29.1. The van der Waals surface area contributed by atoms with E-state index in [4.69, 9.17) is 23.2 Å². The first-order valence-corrected chi connectivity index (χ1v) is 8.97. The molecule has 0 amide bonds. The van der Waals surface area contributed by atoms with Crippen LogP contribution in [0.3, 0.4) is 0 Å². The predicted molar refractivity (Wildman–Crippen MR) is 79.6 cm³/mol. The molecule has 1 saturated carbocycles. The zero-order valence-corrected chi connectivity index (χ0v) is 13.9. The number of hydrogen-bond acceptors (Lipinski definition) is 3. The fraction of sp³-hybridized carbons (Fsp3) is 0.750. The topological polar surface area (TPSA) is 64.0 Å². The molecule has 1 fully saturated rings. The van der Waals surface area contributed by atoms with Gasteiger partial charge in [0.05, 0.1) is 11.2 Å². The summed E-state index contributed by atoms with van der Waals surface area (Å²) in [4.78, 5) is 0. The molecule has 1 aromatic heterocycles. The van der Waals surface area contributed by atoms with Gasteiger partial charge in [-0.25, -0.2) is 13.1 Å². The largest absolute Gasteiger partial charge is 0.259 e. The molecular weight excluding hydrogens is 321 g/mol. The Bertz CT molecular complexity index is 558. The highest BCUT2D eigenvalue weighted by molar-refractivity contribution is 7.89. The molecule has 2 rings (SSSR count). The highest BCUT2D eigenvalue weighted by Crippen LogP contribution is 2.34. The van der Waals surface area contributed by atoms with Crippen LogP contribution < -0.4 is 4.72 Å². The maximum Gasteiger partial charge on any atom is 0.259 e. The predicted octanol–water partition coefficient (Wildman–Crippen LogP) is 2.54. The second-order valence-electron chi connectivity index (χ2n) is 5.62. The Morgan fingerprint density at radius 3 is 2.55 bits per heavy atom. The maximum absolute atomic E-state index is 12.5. The van der Waals surface area contributed by atoms with Gasteiger partial charge in [-0.15, -0.1) is 11.6 Å². The molecule has 8 heteroatoms. The van der Waals surface area contributed by atoms with Crippen molar-refractivity contribution in [3.05, 3.63) is 11.2 Å². The van der Waals surface area contributed by atoms with E-state index in [1.807, 2.05) is 0 Å². The molecule has 1 aromatic rings. The molecular formula is C12H19Cl2N3O2S. The van der Waals surface area contributed by atoms with Crippen molar-refractivity contribution in [1.82, 2.24) is 14.5 Å². The van der Waals surface area contributed by atoms with Crippen molar-refractivity contribution < 1.29 is 8.42 Å². The summed E-state index contributed by atoms with van der Waals surface area (Å²) in [6, 6.07) is 0. The van der Waals surface area contributed by atoms with Crippen LogP contribution >= 0.6 is 23.2 Å². The average molecular weight is 340 g/mol. The van der Waals surface area contributed by atoms with E-state index >= 15 is 0 Å². The Morgan fingerprint density at radius 1 is 1.50 bits per heavy atom. The zero-order valence-electron chi connectivity index (χ0n) is 11.6. The molecule has 1 heterocycles. The molecule has 0 radical (unpaired) electrons. The van der Waals surface area contributed by atoms with E-state index in [9.17, 15) is 8.42 Å². The fourth-order valence-electron chi connectivity index (χ4n) is 2.61. The number of halogens is 2. The van der Waals surface area contributed by atoms with Crippen LogP contribution in [0.2, 0.25) is 5.02 Å². The first kappa shape index (κ1) is 16.1. The molecule has 1 N–H and O–H groups in total. The molecule has 0 bridgehead atoms. The molecule has 20 heavy (non-hydrogen) atoms. The van der Waals surface area contributed by atoms with Crippen LogP contribution in [0.25, 0.3) is 0 Å². The minimum Gasteiger partial charge on any atom is -0.255 e. The van der Waals surface area contributed by atoms with Crippen molar-refractivity contribution in [2.45, 2.75) is 43.2 Å². The molecule has 0 atom stereocenters. The molecule has 0 spiro atoms. The summed E-state index contributed by atoms with van der Waals surface area (Å²) in [6.07, 6.45) is 4.74. The van der Waals surface area contributed by atoms with E-state index in [0.717, 1.165) is 25.7 Å². The second kappa shape index (κ2) is 5.83. The monoisotopic (exact) mass is 339 g/mol. The summed E-state index contributed by atoms with van der Waals surface area (Å²) >= 11 is 12.0. The van der Waals surface area contributed by atoms with Crippen molar-refractivity contribution in [2.75, 3.05) is 5.88 Å². The molecule has 0 aliphatic heterocycles. The third kappa shape index (κ3) is 3.13. The van der Waals surface area contributed by atoms with E-state index in [1.165, 1.54) is 10.9 Å². The smallest absolute Gasteiger partial charge is 0.255 e. The Labute approximate surface area is 129 Å². The van der Waals surface area contributed by atoms with Gasteiger partial charge in [-0.2, -0.15) is 5.10 Å².